The number of hydrogen-bond acceptors (Lipinski definition) is 5. The Hall–Kier alpha value is -2.09. The number of sulfone groups is 1. The van der Waals surface area contributed by atoms with Crippen LogP contribution in [0.2, 0.25) is 0 Å². The molecule has 1 aromatic rings. The highest BCUT2D eigenvalue weighted by molar-refractivity contribution is 7.91. The van der Waals surface area contributed by atoms with Crippen LogP contribution in [-0.4, -0.2) is 55.3 Å². The Morgan fingerprint density at radius 2 is 1.78 bits per heavy atom. The zero-order chi connectivity index (χ0) is 19.4. The molecule has 2 amide bonds. The van der Waals surface area contributed by atoms with Crippen molar-refractivity contribution in [2.45, 2.75) is 50.6 Å². The van der Waals surface area contributed by atoms with Crippen molar-refractivity contribution in [3.8, 4) is 5.75 Å². The molecular weight excluding hydrogens is 368 g/mol. The Morgan fingerprint density at radius 1 is 1.07 bits per heavy atom. The van der Waals surface area contributed by atoms with Crippen LogP contribution in [-0.2, 0) is 14.6 Å². The van der Waals surface area contributed by atoms with E-state index in [4.69, 9.17) is 10.5 Å². The van der Waals surface area contributed by atoms with Gasteiger partial charge in [0.1, 0.15) is 5.75 Å². The van der Waals surface area contributed by atoms with Crippen LogP contribution in [0, 0.1) is 0 Å². The molecule has 1 aromatic carbocycles. The molecule has 148 valence electrons. The third-order valence-electron chi connectivity index (χ3n) is 5.36. The Bertz CT molecular complexity index is 802. The summed E-state index contributed by atoms with van der Waals surface area (Å²) in [6.45, 7) is -0.239. The van der Waals surface area contributed by atoms with E-state index in [0.29, 0.717) is 6.42 Å². The number of benzene rings is 1. The van der Waals surface area contributed by atoms with E-state index in [-0.39, 0.29) is 47.4 Å². The van der Waals surface area contributed by atoms with E-state index in [9.17, 15) is 18.0 Å². The van der Waals surface area contributed by atoms with Gasteiger partial charge in [-0.2, -0.15) is 0 Å². The fraction of sp³-hybridized carbons (Fsp3) is 0.579. The molecule has 2 N–H and O–H groups in total. The molecule has 3 rings (SSSR count). The van der Waals surface area contributed by atoms with Crippen LogP contribution in [0.5, 0.6) is 5.75 Å². The monoisotopic (exact) mass is 394 g/mol. The number of carbonyl (C=O) groups is 2. The van der Waals surface area contributed by atoms with Crippen molar-refractivity contribution >= 4 is 21.7 Å². The number of carbonyl (C=O) groups excluding carboxylic acids is 2. The van der Waals surface area contributed by atoms with E-state index in [1.165, 1.54) is 0 Å². The van der Waals surface area contributed by atoms with Gasteiger partial charge in [-0.25, -0.2) is 8.42 Å². The minimum atomic E-state index is -3.09. The summed E-state index contributed by atoms with van der Waals surface area (Å²) in [6, 6.07) is 6.28. The van der Waals surface area contributed by atoms with Gasteiger partial charge in [0.05, 0.1) is 17.1 Å². The highest BCUT2D eigenvalue weighted by Crippen LogP contribution is 2.28. The maximum atomic E-state index is 13.0. The van der Waals surface area contributed by atoms with Crippen LogP contribution >= 0.6 is 0 Å². The SMILES string of the molecule is NC(=O)c1ccccc1OCC(=O)N(C1CCCCC1)C1CCS(=O)(=O)C1. The molecule has 7 nitrogen and oxygen atoms in total. The normalized spacial score (nSPS) is 22.3. The summed E-state index contributed by atoms with van der Waals surface area (Å²) in [5.74, 6) is -0.444. The molecule has 0 spiro atoms. The Morgan fingerprint density at radius 3 is 2.41 bits per heavy atom. The molecule has 2 fully saturated rings. The largest absolute Gasteiger partial charge is 0.483 e. The molecule has 1 saturated heterocycles. The standard InChI is InChI=1S/C19H26N2O5S/c20-19(23)16-8-4-5-9-17(16)26-12-18(22)21(14-6-2-1-3-7-14)15-10-11-27(24,25)13-15/h4-5,8-9,14-15H,1-3,6-7,10-13H2,(H2,20,23). The van der Waals surface area contributed by atoms with Crippen LogP contribution in [0.4, 0.5) is 0 Å². The summed E-state index contributed by atoms with van der Waals surface area (Å²) in [5, 5.41) is 0. The predicted molar refractivity (Wildman–Crippen MR) is 101 cm³/mol. The Kier molecular flexibility index (Phi) is 6.04. The molecule has 1 unspecified atom stereocenters. The highest BCUT2D eigenvalue weighted by atomic mass is 32.2. The van der Waals surface area contributed by atoms with Crippen molar-refractivity contribution in [3.05, 3.63) is 29.8 Å². The molecule has 1 aliphatic carbocycles. The van der Waals surface area contributed by atoms with Gasteiger partial charge in [-0.3, -0.25) is 9.59 Å². The van der Waals surface area contributed by atoms with E-state index in [1.54, 1.807) is 29.2 Å². The van der Waals surface area contributed by atoms with Crippen LogP contribution in [0.3, 0.4) is 0 Å². The topological polar surface area (TPSA) is 107 Å². The van der Waals surface area contributed by atoms with Crippen molar-refractivity contribution in [2.24, 2.45) is 5.73 Å². The smallest absolute Gasteiger partial charge is 0.261 e. The van der Waals surface area contributed by atoms with Gasteiger partial charge in [-0.05, 0) is 31.4 Å². The summed E-state index contributed by atoms with van der Waals surface area (Å²) in [7, 11) is -3.09. The quantitative estimate of drug-likeness (QED) is 0.787. The molecule has 1 saturated carbocycles. The molecule has 1 atom stereocenters. The number of para-hydroxylation sites is 1. The van der Waals surface area contributed by atoms with E-state index < -0.39 is 15.7 Å². The number of hydrogen-bond donors (Lipinski definition) is 1. The number of primary amides is 1. The summed E-state index contributed by atoms with van der Waals surface area (Å²) < 4.78 is 29.5. The maximum Gasteiger partial charge on any atom is 0.261 e. The summed E-state index contributed by atoms with van der Waals surface area (Å²) in [5.41, 5.74) is 5.57. The van der Waals surface area contributed by atoms with Crippen molar-refractivity contribution in [1.82, 2.24) is 4.90 Å². The lowest BCUT2D eigenvalue weighted by Gasteiger charge is -2.38. The van der Waals surface area contributed by atoms with E-state index in [2.05, 4.69) is 0 Å². The first kappa shape index (κ1) is 19.7. The summed E-state index contributed by atoms with van der Waals surface area (Å²) in [6.07, 6.45) is 5.48. The van der Waals surface area contributed by atoms with Crippen molar-refractivity contribution in [1.29, 1.82) is 0 Å². The zero-order valence-electron chi connectivity index (χ0n) is 15.3. The Balaban J connectivity index is 1.74. The van der Waals surface area contributed by atoms with Gasteiger partial charge in [-0.15, -0.1) is 0 Å². The van der Waals surface area contributed by atoms with E-state index >= 15 is 0 Å². The summed E-state index contributed by atoms with van der Waals surface area (Å²) in [4.78, 5) is 26.2. The van der Waals surface area contributed by atoms with E-state index in [1.807, 2.05) is 0 Å². The fourth-order valence-electron chi connectivity index (χ4n) is 4.07. The molecule has 1 aliphatic heterocycles. The van der Waals surface area contributed by atoms with Gasteiger partial charge < -0.3 is 15.4 Å². The number of rotatable bonds is 6. The van der Waals surface area contributed by atoms with Gasteiger partial charge in [0.15, 0.2) is 16.4 Å². The first-order valence-electron chi connectivity index (χ1n) is 9.40. The molecule has 8 heteroatoms. The predicted octanol–water partition coefficient (Wildman–Crippen LogP) is 1.51. The number of nitrogens with two attached hydrogens (primary N) is 1. The van der Waals surface area contributed by atoms with Crippen molar-refractivity contribution in [2.75, 3.05) is 18.1 Å². The maximum absolute atomic E-state index is 13.0. The molecule has 27 heavy (non-hydrogen) atoms. The number of nitrogens with zero attached hydrogens (tertiary/aromatic N) is 1. The van der Waals surface area contributed by atoms with Gasteiger partial charge in [0.2, 0.25) is 0 Å². The minimum absolute atomic E-state index is 0.0209. The minimum Gasteiger partial charge on any atom is -0.483 e. The molecule has 0 aromatic heterocycles. The Labute approximate surface area is 159 Å². The molecular formula is C19H26N2O5S. The molecule has 0 bridgehead atoms. The van der Waals surface area contributed by atoms with E-state index in [0.717, 1.165) is 32.1 Å². The third-order valence-corrected chi connectivity index (χ3v) is 7.11. The van der Waals surface area contributed by atoms with Crippen molar-refractivity contribution < 1.29 is 22.7 Å². The van der Waals surface area contributed by atoms with Crippen LogP contribution in [0.1, 0.15) is 48.9 Å². The second-order valence-corrected chi connectivity index (χ2v) is 9.53. The second kappa shape index (κ2) is 8.29. The average molecular weight is 394 g/mol. The van der Waals surface area contributed by atoms with Gasteiger partial charge in [0.25, 0.3) is 11.8 Å². The lowest BCUT2D eigenvalue weighted by atomic mass is 9.93. The zero-order valence-corrected chi connectivity index (χ0v) is 16.1. The lowest BCUT2D eigenvalue weighted by Crippen LogP contribution is -2.50. The van der Waals surface area contributed by atoms with Crippen LogP contribution < -0.4 is 10.5 Å². The van der Waals surface area contributed by atoms with Crippen LogP contribution in [0.15, 0.2) is 24.3 Å². The van der Waals surface area contributed by atoms with Gasteiger partial charge in [-0.1, -0.05) is 31.4 Å². The summed E-state index contributed by atoms with van der Waals surface area (Å²) >= 11 is 0. The molecule has 1 heterocycles. The number of amides is 2. The first-order chi connectivity index (χ1) is 12.9. The molecule has 0 radical (unpaired) electrons. The van der Waals surface area contributed by atoms with Crippen molar-refractivity contribution in [3.63, 3.8) is 0 Å². The fourth-order valence-corrected chi connectivity index (χ4v) is 5.78. The average Bonchev–Trinajstić information content (AvgIpc) is 3.00. The molecule has 2 aliphatic rings. The first-order valence-corrected chi connectivity index (χ1v) is 11.2. The third kappa shape index (κ3) is 4.80. The second-order valence-electron chi connectivity index (χ2n) is 7.30. The lowest BCUT2D eigenvalue weighted by molar-refractivity contribution is -0.138. The number of ether oxygens (including phenoxy) is 1. The highest BCUT2D eigenvalue weighted by Gasteiger charge is 2.38. The van der Waals surface area contributed by atoms with Gasteiger partial charge >= 0.3 is 0 Å². The van der Waals surface area contributed by atoms with Crippen LogP contribution in [0.25, 0.3) is 0 Å². The van der Waals surface area contributed by atoms with Gasteiger partial charge in [0, 0.05) is 12.1 Å².